The molecule has 0 saturated carbocycles. The summed E-state index contributed by atoms with van der Waals surface area (Å²) in [6.45, 7) is 4.06. The third-order valence-electron chi connectivity index (χ3n) is 2.81. The molecular formula is C15H18N2O. The van der Waals surface area contributed by atoms with E-state index in [1.54, 1.807) is 6.20 Å². The molecule has 3 heteroatoms. The number of hydrogen-bond donors (Lipinski definition) is 1. The van der Waals surface area contributed by atoms with E-state index in [0.717, 1.165) is 17.7 Å². The standard InChI is InChI=1S/C15H18N2O/c1-3-12-5-4-6-14(9-12)18-15-10-13(11(2)16)7-8-17-15/h4-11H,3,16H2,1-2H3/t11-/m0/s1. The van der Waals surface area contributed by atoms with E-state index < -0.39 is 0 Å². The summed E-state index contributed by atoms with van der Waals surface area (Å²) in [5, 5.41) is 0. The van der Waals surface area contributed by atoms with Crippen LogP contribution in [0.4, 0.5) is 0 Å². The van der Waals surface area contributed by atoms with Gasteiger partial charge in [0.15, 0.2) is 0 Å². The van der Waals surface area contributed by atoms with Crippen molar-refractivity contribution in [2.24, 2.45) is 5.73 Å². The molecule has 0 spiro atoms. The van der Waals surface area contributed by atoms with Gasteiger partial charge in [-0.05, 0) is 42.7 Å². The van der Waals surface area contributed by atoms with Crippen LogP contribution in [0.1, 0.15) is 31.0 Å². The summed E-state index contributed by atoms with van der Waals surface area (Å²) in [4.78, 5) is 4.19. The molecule has 1 aromatic carbocycles. The summed E-state index contributed by atoms with van der Waals surface area (Å²) < 4.78 is 5.74. The van der Waals surface area contributed by atoms with Crippen molar-refractivity contribution in [2.75, 3.05) is 0 Å². The quantitative estimate of drug-likeness (QED) is 0.893. The van der Waals surface area contributed by atoms with Crippen LogP contribution >= 0.6 is 0 Å². The average Bonchev–Trinajstić information content (AvgIpc) is 2.39. The average molecular weight is 242 g/mol. The van der Waals surface area contributed by atoms with E-state index in [1.165, 1.54) is 5.56 Å². The molecule has 94 valence electrons. The van der Waals surface area contributed by atoms with Crippen molar-refractivity contribution in [1.82, 2.24) is 4.98 Å². The van der Waals surface area contributed by atoms with E-state index >= 15 is 0 Å². The Bertz CT molecular complexity index is 523. The first-order valence-electron chi connectivity index (χ1n) is 6.17. The van der Waals surface area contributed by atoms with Gasteiger partial charge in [-0.3, -0.25) is 0 Å². The third kappa shape index (κ3) is 3.08. The molecule has 1 heterocycles. The largest absolute Gasteiger partial charge is 0.439 e. The van der Waals surface area contributed by atoms with Crippen molar-refractivity contribution < 1.29 is 4.74 Å². The van der Waals surface area contributed by atoms with Crippen LogP contribution in [0, 0.1) is 0 Å². The van der Waals surface area contributed by atoms with Crippen molar-refractivity contribution in [2.45, 2.75) is 26.3 Å². The van der Waals surface area contributed by atoms with E-state index in [9.17, 15) is 0 Å². The predicted molar refractivity (Wildman–Crippen MR) is 72.7 cm³/mol. The van der Waals surface area contributed by atoms with E-state index in [1.807, 2.05) is 37.3 Å². The van der Waals surface area contributed by atoms with E-state index in [0.29, 0.717) is 5.88 Å². The van der Waals surface area contributed by atoms with Gasteiger partial charge in [-0.15, -0.1) is 0 Å². The monoisotopic (exact) mass is 242 g/mol. The Hall–Kier alpha value is -1.87. The second-order valence-corrected chi connectivity index (χ2v) is 4.32. The SMILES string of the molecule is CCc1cccc(Oc2cc([C@H](C)N)ccn2)c1. The number of ether oxygens (including phenoxy) is 1. The number of aromatic nitrogens is 1. The van der Waals surface area contributed by atoms with Crippen LogP contribution in [0.25, 0.3) is 0 Å². The van der Waals surface area contributed by atoms with Gasteiger partial charge < -0.3 is 10.5 Å². The van der Waals surface area contributed by atoms with Crippen molar-refractivity contribution in [3.8, 4) is 11.6 Å². The van der Waals surface area contributed by atoms with Gasteiger partial charge in [-0.25, -0.2) is 4.98 Å². The molecule has 0 amide bonds. The predicted octanol–water partition coefficient (Wildman–Crippen LogP) is 3.46. The van der Waals surface area contributed by atoms with Crippen LogP contribution in [0.3, 0.4) is 0 Å². The Morgan fingerprint density at radius 2 is 2.11 bits per heavy atom. The highest BCUT2D eigenvalue weighted by atomic mass is 16.5. The molecule has 1 atom stereocenters. The molecule has 18 heavy (non-hydrogen) atoms. The number of pyridine rings is 1. The molecule has 0 aliphatic carbocycles. The number of rotatable bonds is 4. The maximum absolute atomic E-state index is 5.84. The summed E-state index contributed by atoms with van der Waals surface area (Å²) >= 11 is 0. The van der Waals surface area contributed by atoms with Crippen molar-refractivity contribution in [3.63, 3.8) is 0 Å². The second-order valence-electron chi connectivity index (χ2n) is 4.32. The van der Waals surface area contributed by atoms with E-state index in [4.69, 9.17) is 10.5 Å². The molecule has 2 aromatic rings. The minimum Gasteiger partial charge on any atom is -0.439 e. The second kappa shape index (κ2) is 5.65. The lowest BCUT2D eigenvalue weighted by Crippen LogP contribution is -2.05. The van der Waals surface area contributed by atoms with Gasteiger partial charge in [0.2, 0.25) is 5.88 Å². The maximum Gasteiger partial charge on any atom is 0.219 e. The van der Waals surface area contributed by atoms with E-state index in [2.05, 4.69) is 18.0 Å². The topological polar surface area (TPSA) is 48.1 Å². The minimum absolute atomic E-state index is 0.0164. The van der Waals surface area contributed by atoms with Crippen molar-refractivity contribution in [3.05, 3.63) is 53.7 Å². The van der Waals surface area contributed by atoms with Crippen LogP contribution in [0.5, 0.6) is 11.6 Å². The first kappa shape index (κ1) is 12.6. The molecule has 2 rings (SSSR count). The Labute approximate surface area is 108 Å². The Morgan fingerprint density at radius 1 is 1.28 bits per heavy atom. The summed E-state index contributed by atoms with van der Waals surface area (Å²) in [6, 6.07) is 11.8. The van der Waals surface area contributed by atoms with Gasteiger partial charge in [-0.2, -0.15) is 0 Å². The first-order valence-corrected chi connectivity index (χ1v) is 6.17. The van der Waals surface area contributed by atoms with Crippen molar-refractivity contribution in [1.29, 1.82) is 0 Å². The lowest BCUT2D eigenvalue weighted by Gasteiger charge is -2.09. The number of nitrogens with two attached hydrogens (primary N) is 1. The molecule has 2 N–H and O–H groups in total. The third-order valence-corrected chi connectivity index (χ3v) is 2.81. The number of benzene rings is 1. The number of aryl methyl sites for hydroxylation is 1. The fourth-order valence-electron chi connectivity index (χ4n) is 1.71. The molecular weight excluding hydrogens is 224 g/mol. The highest BCUT2D eigenvalue weighted by molar-refractivity contribution is 5.33. The Balaban J connectivity index is 2.20. The molecule has 0 radical (unpaired) electrons. The normalized spacial score (nSPS) is 12.2. The molecule has 0 unspecified atom stereocenters. The van der Waals surface area contributed by atoms with Gasteiger partial charge in [0.1, 0.15) is 5.75 Å². The smallest absolute Gasteiger partial charge is 0.219 e. The van der Waals surface area contributed by atoms with Crippen molar-refractivity contribution >= 4 is 0 Å². The summed E-state index contributed by atoms with van der Waals surface area (Å²) in [7, 11) is 0. The Kier molecular flexibility index (Phi) is 3.95. The molecule has 0 fully saturated rings. The molecule has 0 bridgehead atoms. The highest BCUT2D eigenvalue weighted by Crippen LogP contribution is 2.22. The zero-order valence-electron chi connectivity index (χ0n) is 10.8. The van der Waals surface area contributed by atoms with Crippen LogP contribution in [-0.2, 0) is 6.42 Å². The number of hydrogen-bond acceptors (Lipinski definition) is 3. The van der Waals surface area contributed by atoms with Gasteiger partial charge >= 0.3 is 0 Å². The first-order chi connectivity index (χ1) is 8.69. The lowest BCUT2D eigenvalue weighted by atomic mass is 10.1. The summed E-state index contributed by atoms with van der Waals surface area (Å²) in [6.07, 6.45) is 2.71. The zero-order valence-corrected chi connectivity index (χ0v) is 10.8. The fourth-order valence-corrected chi connectivity index (χ4v) is 1.71. The molecule has 3 nitrogen and oxygen atoms in total. The maximum atomic E-state index is 5.84. The molecule has 1 aromatic heterocycles. The van der Waals surface area contributed by atoms with Gasteiger partial charge in [0, 0.05) is 18.3 Å². The van der Waals surface area contributed by atoms with Crippen LogP contribution in [0.15, 0.2) is 42.6 Å². The van der Waals surface area contributed by atoms with E-state index in [-0.39, 0.29) is 6.04 Å². The summed E-state index contributed by atoms with van der Waals surface area (Å²) in [5.74, 6) is 1.39. The lowest BCUT2D eigenvalue weighted by molar-refractivity contribution is 0.461. The minimum atomic E-state index is -0.0164. The fraction of sp³-hybridized carbons (Fsp3) is 0.267. The van der Waals surface area contributed by atoms with Crippen LogP contribution < -0.4 is 10.5 Å². The molecule has 0 aliphatic rings. The van der Waals surface area contributed by atoms with Crippen LogP contribution in [-0.4, -0.2) is 4.98 Å². The summed E-state index contributed by atoms with van der Waals surface area (Å²) in [5.41, 5.74) is 8.10. The number of nitrogens with zero attached hydrogens (tertiary/aromatic N) is 1. The van der Waals surface area contributed by atoms with Gasteiger partial charge in [0.25, 0.3) is 0 Å². The zero-order chi connectivity index (χ0) is 13.0. The highest BCUT2D eigenvalue weighted by Gasteiger charge is 2.04. The van der Waals surface area contributed by atoms with Crippen LogP contribution in [0.2, 0.25) is 0 Å². The molecule has 0 aliphatic heterocycles. The van der Waals surface area contributed by atoms with Gasteiger partial charge in [0.05, 0.1) is 0 Å². The molecule has 0 saturated heterocycles. The van der Waals surface area contributed by atoms with Gasteiger partial charge in [-0.1, -0.05) is 19.1 Å². The Morgan fingerprint density at radius 3 is 2.83 bits per heavy atom.